The molecular weight excluding hydrogens is 1200 g/mol. The second-order valence-corrected chi connectivity index (χ2v) is 23.7. The van der Waals surface area contributed by atoms with E-state index in [1.165, 1.54) is 18.7 Å². The monoisotopic (exact) mass is 1290 g/mol. The molecule has 3 aliphatic rings. The summed E-state index contributed by atoms with van der Waals surface area (Å²) >= 11 is 0. The van der Waals surface area contributed by atoms with Crippen LogP contribution in [-0.2, 0) is 76.7 Å². The summed E-state index contributed by atoms with van der Waals surface area (Å²) < 4.78 is 0. The van der Waals surface area contributed by atoms with Crippen molar-refractivity contribution in [2.24, 2.45) is 29.2 Å². The highest BCUT2D eigenvalue weighted by Crippen LogP contribution is 2.24. The number of carboxylic acid groups (broad SMARTS) is 3. The van der Waals surface area contributed by atoms with Crippen molar-refractivity contribution < 1.29 is 92.0 Å². The third kappa shape index (κ3) is 24.8. The largest absolute Gasteiger partial charge is 0.481 e. The number of nitrogens with two attached hydrogens (primary N) is 2. The van der Waals surface area contributed by atoms with Crippen molar-refractivity contribution in [3.63, 3.8) is 0 Å². The van der Waals surface area contributed by atoms with Gasteiger partial charge < -0.3 is 89.8 Å². The summed E-state index contributed by atoms with van der Waals surface area (Å²) in [5.41, 5.74) is 11.7. The maximum Gasteiger partial charge on any atom is 0.308 e. The molecule has 0 aromatic rings. The fourth-order valence-corrected chi connectivity index (χ4v) is 10.4. The number of hydrogen-bond acceptors (Lipinski definition) is 17. The first-order chi connectivity index (χ1) is 42.8. The molecule has 0 unspecified atom stereocenters. The number of fused-ring (bicyclic) bond motifs is 2. The first kappa shape index (κ1) is 76.5. The van der Waals surface area contributed by atoms with Crippen LogP contribution in [0.4, 0.5) is 0 Å². The van der Waals surface area contributed by atoms with E-state index in [1.54, 1.807) is 26.0 Å². The molecule has 0 aliphatic carbocycles. The van der Waals surface area contributed by atoms with E-state index >= 15 is 4.79 Å². The van der Waals surface area contributed by atoms with E-state index in [0.29, 0.717) is 12.3 Å². The number of primary amides is 1. The first-order valence-corrected chi connectivity index (χ1v) is 30.7. The van der Waals surface area contributed by atoms with Crippen LogP contribution in [0.25, 0.3) is 0 Å². The van der Waals surface area contributed by atoms with Crippen LogP contribution in [0.1, 0.15) is 145 Å². The fraction of sp³-hybridized carbons (Fsp3) is 0.690. The first-order valence-electron chi connectivity index (χ1n) is 30.7. The van der Waals surface area contributed by atoms with Crippen LogP contribution in [0.2, 0.25) is 0 Å². The van der Waals surface area contributed by atoms with Crippen molar-refractivity contribution in [3.8, 4) is 0 Å². The summed E-state index contributed by atoms with van der Waals surface area (Å²) in [6.45, 7) is 8.77. The zero-order valence-electron chi connectivity index (χ0n) is 52.6. The lowest BCUT2D eigenvalue weighted by molar-refractivity contribution is -0.149. The molecule has 13 atom stereocenters. The molecule has 3 rings (SSSR count). The Morgan fingerprint density at radius 1 is 0.626 bits per heavy atom. The van der Waals surface area contributed by atoms with E-state index in [9.17, 15) is 87.2 Å². The van der Waals surface area contributed by atoms with Crippen LogP contribution < -0.4 is 64.6 Å². The number of carboxylic acids is 3. The molecule has 13 amide bonds. The summed E-state index contributed by atoms with van der Waals surface area (Å²) in [4.78, 5) is 219. The Hall–Kier alpha value is -8.78. The molecule has 3 saturated heterocycles. The van der Waals surface area contributed by atoms with Crippen molar-refractivity contribution in [2.45, 2.75) is 211 Å². The van der Waals surface area contributed by atoms with Crippen LogP contribution in [0.5, 0.6) is 0 Å². The number of allylic oxidation sites excluding steroid dienone is 1. The summed E-state index contributed by atoms with van der Waals surface area (Å²) in [6.07, 6.45) is 6.44. The number of nitrogens with one attached hydrogen (secondary N) is 10. The van der Waals surface area contributed by atoms with Crippen molar-refractivity contribution in [3.05, 3.63) is 12.2 Å². The van der Waals surface area contributed by atoms with Gasteiger partial charge in [-0.15, -0.1) is 0 Å². The van der Waals surface area contributed by atoms with Crippen LogP contribution in [0.15, 0.2) is 12.2 Å². The number of unbranched alkanes of at least 4 members (excludes halogenated alkanes) is 3. The summed E-state index contributed by atoms with van der Waals surface area (Å²) in [7, 11) is 0. The van der Waals surface area contributed by atoms with Gasteiger partial charge in [0.05, 0.1) is 44.3 Å². The highest BCUT2D eigenvalue weighted by atomic mass is 16.4. The molecule has 0 bridgehead atoms. The number of hydrogen-bond donors (Lipinski definition) is 15. The van der Waals surface area contributed by atoms with Gasteiger partial charge in [-0.1, -0.05) is 65.5 Å². The fourth-order valence-electron chi connectivity index (χ4n) is 10.4. The summed E-state index contributed by atoms with van der Waals surface area (Å²) in [5, 5.41) is 52.5. The Morgan fingerprint density at radius 3 is 1.73 bits per heavy atom. The number of piperidine rings is 1. The van der Waals surface area contributed by atoms with Crippen LogP contribution in [0.3, 0.4) is 0 Å². The Kier molecular flexibility index (Phi) is 31.4. The predicted molar refractivity (Wildman–Crippen MR) is 321 cm³/mol. The second kappa shape index (κ2) is 37.4. The maximum absolute atomic E-state index is 15.2. The van der Waals surface area contributed by atoms with E-state index in [2.05, 4.69) is 56.4 Å². The van der Waals surface area contributed by atoms with E-state index in [0.717, 1.165) is 43.9 Å². The normalized spacial score (nSPS) is 25.6. The van der Waals surface area contributed by atoms with Crippen molar-refractivity contribution >= 4 is 94.7 Å². The Bertz CT molecular complexity index is 2710. The van der Waals surface area contributed by atoms with Crippen LogP contribution in [0, 0.1) is 17.8 Å². The minimum absolute atomic E-state index is 0.0286. The lowest BCUT2D eigenvalue weighted by atomic mass is 9.96. The van der Waals surface area contributed by atoms with E-state index in [4.69, 9.17) is 11.5 Å². The van der Waals surface area contributed by atoms with Crippen molar-refractivity contribution in [2.75, 3.05) is 26.2 Å². The number of nitrogens with zero attached hydrogens (tertiary/aromatic N) is 2. The van der Waals surface area contributed by atoms with Gasteiger partial charge >= 0.3 is 17.9 Å². The van der Waals surface area contributed by atoms with Gasteiger partial charge in [-0.25, -0.2) is 0 Å². The molecule has 508 valence electrons. The standard InChI is InChI=1S/C58H92N14O19/c1-8-30(4)18-13-11-9-10-12-14-21-40(74)64-34(24-39(60)73)51(83)70-48-33(7)63-52(84)38-20-17-23-72(38)56(88)45(29(2)3)68-55(87)47(32(6)59)67-42(76)28-62-49(81)35(25-43(77)78)65-41(75)27-61-50(82)36(26-44(79)80)66-54(86)46(31(5)58(90)91)69-53(85)37-19-15-16-22-71(37)57(48)89/h12,14,29-38,45-48H,8-11,13,15-28,59H2,1-7H3,(H2,60,73)(H,61,82)(H,62,81)(H,63,84)(H,64,74)(H,65,75)(H,66,86)(H,67,76)(H,68,87)(H,69,85)(H,70,83)(H,77,78)(H,79,80)(H,90,91)/b14-12-/t30-,31+,32-,33+,34-,35-,36-,37+,38-,45-,46-,47+,48-/m0/s1. The molecule has 3 aliphatic heterocycles. The zero-order valence-corrected chi connectivity index (χ0v) is 52.6. The molecule has 0 aromatic carbocycles. The highest BCUT2D eigenvalue weighted by Gasteiger charge is 2.45. The molecule has 33 heteroatoms. The van der Waals surface area contributed by atoms with Gasteiger partial charge in [-0.05, 0) is 77.6 Å². The smallest absolute Gasteiger partial charge is 0.308 e. The lowest BCUT2D eigenvalue weighted by Crippen LogP contribution is -2.66. The topological polar surface area (TPSA) is 513 Å². The molecule has 91 heavy (non-hydrogen) atoms. The van der Waals surface area contributed by atoms with Crippen molar-refractivity contribution in [1.82, 2.24) is 63.0 Å². The second-order valence-electron chi connectivity index (χ2n) is 23.7. The maximum atomic E-state index is 15.2. The number of carbonyl (C=O) groups excluding carboxylic acids is 13. The quantitative estimate of drug-likeness (QED) is 0.0363. The average molecular weight is 1290 g/mol. The molecule has 33 nitrogen and oxygen atoms in total. The van der Waals surface area contributed by atoms with Gasteiger partial charge in [0.1, 0.15) is 54.4 Å². The molecule has 0 spiro atoms. The van der Waals surface area contributed by atoms with E-state index in [1.807, 2.05) is 10.6 Å². The molecule has 0 aromatic heterocycles. The zero-order chi connectivity index (χ0) is 68.4. The number of aliphatic carboxylic acids is 3. The van der Waals surface area contributed by atoms with Gasteiger partial charge in [-0.3, -0.25) is 76.7 Å². The molecule has 0 radical (unpaired) electrons. The SMILES string of the molecule is CC[C@H](C)CCCCC/C=C\CC(=O)N[C@@H](CC(N)=O)C(=O)N[C@@H]1C(=O)N2CCCC[C@@H]2C(=O)N[C@@H]([C@@H](C)C(=O)O)C(=O)N[C@@H](CC(=O)O)C(=O)NCC(=O)N[C@@H](CC(=O)O)C(=O)NCC(=O)N[C@H]([C@H](C)N)C(=O)N[C@@H](C(C)C)C(=O)N2CCC[C@H]2C(=O)N[C@@H]1C. The molecular formula is C58H92N14O19. The summed E-state index contributed by atoms with van der Waals surface area (Å²) in [5.74, 6) is -21.1. The number of amides is 13. The van der Waals surface area contributed by atoms with Gasteiger partial charge in [0.2, 0.25) is 76.8 Å². The Labute approximate surface area is 526 Å². The van der Waals surface area contributed by atoms with E-state index in [-0.39, 0.29) is 51.6 Å². The lowest BCUT2D eigenvalue weighted by Gasteiger charge is -2.39. The Morgan fingerprint density at radius 2 is 1.16 bits per heavy atom. The Balaban J connectivity index is 2.17. The molecule has 0 saturated carbocycles. The minimum Gasteiger partial charge on any atom is -0.481 e. The molecule has 17 N–H and O–H groups in total. The molecule has 3 fully saturated rings. The predicted octanol–water partition coefficient (Wildman–Crippen LogP) is -4.01. The third-order valence-electron chi connectivity index (χ3n) is 15.9. The average Bonchev–Trinajstić information content (AvgIpc) is 1.82. The van der Waals surface area contributed by atoms with Gasteiger partial charge in [0.25, 0.3) is 0 Å². The minimum atomic E-state index is -2.13. The number of carbonyl (C=O) groups is 16. The van der Waals surface area contributed by atoms with Crippen LogP contribution in [-0.4, -0.2) is 212 Å². The van der Waals surface area contributed by atoms with Crippen molar-refractivity contribution in [1.29, 1.82) is 0 Å². The molecule has 3 heterocycles. The van der Waals surface area contributed by atoms with Gasteiger partial charge in [-0.2, -0.15) is 0 Å². The van der Waals surface area contributed by atoms with E-state index < -0.39 is 205 Å². The number of rotatable bonds is 22. The highest BCUT2D eigenvalue weighted by molar-refractivity contribution is 6.01. The van der Waals surface area contributed by atoms with Gasteiger partial charge in [0.15, 0.2) is 0 Å². The third-order valence-corrected chi connectivity index (χ3v) is 15.9. The van der Waals surface area contributed by atoms with Crippen LogP contribution >= 0.6 is 0 Å². The summed E-state index contributed by atoms with van der Waals surface area (Å²) in [6, 6.07) is -18.3. The van der Waals surface area contributed by atoms with Gasteiger partial charge in [0, 0.05) is 25.6 Å².